The lowest BCUT2D eigenvalue weighted by Crippen LogP contribution is -2.44. The molecule has 0 bridgehead atoms. The first-order valence-corrected chi connectivity index (χ1v) is 13.1. The van der Waals surface area contributed by atoms with Crippen molar-refractivity contribution >= 4 is 28.6 Å². The quantitative estimate of drug-likeness (QED) is 0.257. The third kappa shape index (κ3) is 7.17. The molecule has 218 valence electrons. The number of fused-ring (bicyclic) bond motifs is 1. The molecule has 0 saturated heterocycles. The summed E-state index contributed by atoms with van der Waals surface area (Å²) in [4.78, 5) is 37.0. The number of nitrogens with two attached hydrogens (primary N) is 1. The number of benzene rings is 3. The van der Waals surface area contributed by atoms with Crippen LogP contribution < -0.4 is 15.8 Å². The van der Waals surface area contributed by atoms with Gasteiger partial charge in [0.15, 0.2) is 0 Å². The standard InChI is InChI=1S/C31H31F2N5O4/c1-20(36-30(41)31(2,32)33)26(21-8-5-4-6-9-21)14-15-42-25-12-13-27-23(17-25)18-35-38(27)24-11-7-10-22(16-24)29(40)37(3)19-28(34)39/h4-18,20,26H,19H2,1-3H3,(H2,34,39)(H,36,41)/b15-14+/t20-,26?/m0/s1. The maximum atomic E-state index is 13.5. The van der Waals surface area contributed by atoms with E-state index >= 15 is 0 Å². The van der Waals surface area contributed by atoms with Gasteiger partial charge in [0.25, 0.3) is 11.8 Å². The first-order chi connectivity index (χ1) is 19.9. The molecule has 2 atom stereocenters. The van der Waals surface area contributed by atoms with Gasteiger partial charge in [0.1, 0.15) is 5.75 Å². The number of likely N-dealkylation sites (N-methyl/N-ethyl adjacent to an activating group) is 1. The summed E-state index contributed by atoms with van der Waals surface area (Å²) in [6, 6.07) is 20.8. The van der Waals surface area contributed by atoms with Gasteiger partial charge >= 0.3 is 5.92 Å². The Morgan fingerprint density at radius 2 is 1.83 bits per heavy atom. The molecule has 0 spiro atoms. The lowest BCUT2D eigenvalue weighted by molar-refractivity contribution is -0.143. The summed E-state index contributed by atoms with van der Waals surface area (Å²) < 4.78 is 34.5. The Bertz CT molecular complexity index is 1610. The molecule has 3 amide bonds. The molecule has 0 radical (unpaired) electrons. The number of ether oxygens (including phenoxy) is 1. The van der Waals surface area contributed by atoms with E-state index in [0.29, 0.717) is 23.9 Å². The first-order valence-electron chi connectivity index (χ1n) is 13.1. The molecule has 4 aromatic rings. The van der Waals surface area contributed by atoms with Crippen molar-refractivity contribution in [2.45, 2.75) is 31.7 Å². The van der Waals surface area contributed by atoms with Crippen LogP contribution >= 0.6 is 0 Å². The number of rotatable bonds is 11. The highest BCUT2D eigenvalue weighted by Gasteiger charge is 2.34. The second kappa shape index (κ2) is 12.6. The maximum Gasteiger partial charge on any atom is 0.321 e. The molecule has 4 rings (SSSR count). The van der Waals surface area contributed by atoms with Gasteiger partial charge in [-0.2, -0.15) is 13.9 Å². The van der Waals surface area contributed by atoms with Crippen LogP contribution in [0.25, 0.3) is 16.6 Å². The zero-order valence-corrected chi connectivity index (χ0v) is 23.3. The summed E-state index contributed by atoms with van der Waals surface area (Å²) >= 11 is 0. The van der Waals surface area contributed by atoms with Crippen LogP contribution in [0.15, 0.2) is 91.3 Å². The number of primary amides is 1. The van der Waals surface area contributed by atoms with Gasteiger partial charge in [0.05, 0.1) is 30.2 Å². The van der Waals surface area contributed by atoms with Crippen molar-refractivity contribution in [3.8, 4) is 11.4 Å². The van der Waals surface area contributed by atoms with E-state index in [4.69, 9.17) is 10.5 Å². The van der Waals surface area contributed by atoms with Crippen molar-refractivity contribution in [1.29, 1.82) is 0 Å². The molecular formula is C31H31F2N5O4. The van der Waals surface area contributed by atoms with Crippen LogP contribution in [0.3, 0.4) is 0 Å². The largest absolute Gasteiger partial charge is 0.465 e. The Morgan fingerprint density at radius 1 is 1.10 bits per heavy atom. The number of hydrogen-bond donors (Lipinski definition) is 2. The molecular weight excluding hydrogens is 544 g/mol. The van der Waals surface area contributed by atoms with E-state index in [1.807, 2.05) is 42.5 Å². The van der Waals surface area contributed by atoms with E-state index in [0.717, 1.165) is 16.5 Å². The van der Waals surface area contributed by atoms with E-state index in [-0.39, 0.29) is 12.5 Å². The van der Waals surface area contributed by atoms with E-state index in [1.54, 1.807) is 54.2 Å². The maximum absolute atomic E-state index is 13.5. The summed E-state index contributed by atoms with van der Waals surface area (Å²) in [5.41, 5.74) is 7.82. The second-order valence-corrected chi connectivity index (χ2v) is 9.99. The van der Waals surface area contributed by atoms with E-state index in [2.05, 4.69) is 10.4 Å². The second-order valence-electron chi connectivity index (χ2n) is 9.99. The number of carbonyl (C=O) groups is 3. The number of halogens is 2. The number of amides is 3. The fourth-order valence-corrected chi connectivity index (χ4v) is 4.45. The van der Waals surface area contributed by atoms with Crippen LogP contribution in [-0.2, 0) is 9.59 Å². The molecule has 42 heavy (non-hydrogen) atoms. The summed E-state index contributed by atoms with van der Waals surface area (Å²) in [6.45, 7) is 2.02. The number of alkyl halides is 2. The highest BCUT2D eigenvalue weighted by Crippen LogP contribution is 2.26. The Morgan fingerprint density at radius 3 is 2.52 bits per heavy atom. The highest BCUT2D eigenvalue weighted by molar-refractivity contribution is 5.96. The number of nitrogens with one attached hydrogen (secondary N) is 1. The average molecular weight is 576 g/mol. The Balaban J connectivity index is 1.52. The number of hydrogen-bond acceptors (Lipinski definition) is 5. The zero-order chi connectivity index (χ0) is 30.4. The van der Waals surface area contributed by atoms with Crippen LogP contribution in [-0.4, -0.2) is 58.0 Å². The molecule has 0 fully saturated rings. The van der Waals surface area contributed by atoms with Gasteiger partial charge in [-0.1, -0.05) is 36.4 Å². The third-order valence-corrected chi connectivity index (χ3v) is 6.59. The van der Waals surface area contributed by atoms with Gasteiger partial charge in [0.2, 0.25) is 5.91 Å². The van der Waals surface area contributed by atoms with Crippen LogP contribution in [0.5, 0.6) is 5.75 Å². The van der Waals surface area contributed by atoms with E-state index < -0.39 is 29.7 Å². The van der Waals surface area contributed by atoms with Gasteiger partial charge in [0, 0.05) is 36.9 Å². The van der Waals surface area contributed by atoms with Crippen molar-refractivity contribution in [2.24, 2.45) is 5.73 Å². The van der Waals surface area contributed by atoms with Crippen LogP contribution in [0.4, 0.5) is 8.78 Å². The fourth-order valence-electron chi connectivity index (χ4n) is 4.45. The molecule has 1 heterocycles. The SMILES string of the molecule is C[C@H](NC(=O)C(C)(F)F)C(/C=C/Oc1ccc2c(cnn2-c2cccc(C(=O)N(C)CC(N)=O)c2)c1)c1ccccc1. The number of aromatic nitrogens is 2. The molecule has 3 aromatic carbocycles. The minimum atomic E-state index is -3.49. The molecule has 1 unspecified atom stereocenters. The molecule has 11 heteroatoms. The van der Waals surface area contributed by atoms with Crippen LogP contribution in [0.2, 0.25) is 0 Å². The lowest BCUT2D eigenvalue weighted by Gasteiger charge is -2.24. The lowest BCUT2D eigenvalue weighted by atomic mass is 9.92. The molecule has 9 nitrogen and oxygen atoms in total. The average Bonchev–Trinajstić information content (AvgIpc) is 3.38. The van der Waals surface area contributed by atoms with E-state index in [1.165, 1.54) is 18.2 Å². The zero-order valence-electron chi connectivity index (χ0n) is 23.3. The van der Waals surface area contributed by atoms with Crippen LogP contribution in [0.1, 0.15) is 35.7 Å². The van der Waals surface area contributed by atoms with Crippen molar-refractivity contribution in [3.05, 3.63) is 102 Å². The summed E-state index contributed by atoms with van der Waals surface area (Å²) in [5.74, 6) is -5.71. The van der Waals surface area contributed by atoms with Gasteiger partial charge in [-0.05, 0) is 55.0 Å². The Hall–Kier alpha value is -5.06. The minimum Gasteiger partial charge on any atom is -0.465 e. The molecule has 3 N–H and O–H groups in total. The number of nitrogens with zero attached hydrogens (tertiary/aromatic N) is 3. The molecule has 0 aliphatic heterocycles. The van der Waals surface area contributed by atoms with Gasteiger partial charge in [-0.3, -0.25) is 14.4 Å². The summed E-state index contributed by atoms with van der Waals surface area (Å²) in [6.07, 6.45) is 4.84. The molecule has 1 aromatic heterocycles. The van der Waals surface area contributed by atoms with Crippen molar-refractivity contribution in [1.82, 2.24) is 20.0 Å². The monoisotopic (exact) mass is 575 g/mol. The van der Waals surface area contributed by atoms with Gasteiger partial charge < -0.3 is 20.7 Å². The first kappa shape index (κ1) is 29.9. The minimum absolute atomic E-state index is 0.195. The van der Waals surface area contributed by atoms with Gasteiger partial charge in [-0.15, -0.1) is 0 Å². The normalized spacial score (nSPS) is 13.1. The Labute approximate surface area is 241 Å². The summed E-state index contributed by atoms with van der Waals surface area (Å²) in [5, 5.41) is 7.62. The number of carbonyl (C=O) groups excluding carboxylic acids is 3. The topological polar surface area (TPSA) is 120 Å². The smallest absolute Gasteiger partial charge is 0.321 e. The molecule has 0 saturated carbocycles. The predicted octanol–water partition coefficient (Wildman–Crippen LogP) is 4.42. The van der Waals surface area contributed by atoms with Gasteiger partial charge in [-0.25, -0.2) is 4.68 Å². The molecule has 0 aliphatic rings. The van der Waals surface area contributed by atoms with Crippen LogP contribution in [0, 0.1) is 0 Å². The fraction of sp³-hybridized carbons (Fsp3) is 0.226. The third-order valence-electron chi connectivity index (χ3n) is 6.59. The Kier molecular flexibility index (Phi) is 8.99. The highest BCUT2D eigenvalue weighted by atomic mass is 19.3. The van der Waals surface area contributed by atoms with Crippen molar-refractivity contribution < 1.29 is 27.9 Å². The van der Waals surface area contributed by atoms with E-state index in [9.17, 15) is 23.2 Å². The molecule has 0 aliphatic carbocycles. The summed E-state index contributed by atoms with van der Waals surface area (Å²) in [7, 11) is 1.50. The predicted molar refractivity (Wildman–Crippen MR) is 154 cm³/mol. The van der Waals surface area contributed by atoms with Crippen molar-refractivity contribution in [2.75, 3.05) is 13.6 Å². The van der Waals surface area contributed by atoms with Crippen molar-refractivity contribution in [3.63, 3.8) is 0 Å².